The Morgan fingerprint density at radius 2 is 1.67 bits per heavy atom. The summed E-state index contributed by atoms with van der Waals surface area (Å²) in [5.74, 6) is 1.27. The molecule has 0 aliphatic carbocycles. The number of nitrogens with one attached hydrogen (secondary N) is 2. The predicted octanol–water partition coefficient (Wildman–Crippen LogP) is 8.99. The summed E-state index contributed by atoms with van der Waals surface area (Å²) in [5, 5.41) is 6.97. The maximum Gasteiger partial charge on any atom is 0.416 e. The van der Waals surface area contributed by atoms with Crippen LogP contribution in [0.3, 0.4) is 0 Å². The van der Waals surface area contributed by atoms with Gasteiger partial charge in [-0.25, -0.2) is 0 Å². The van der Waals surface area contributed by atoms with Gasteiger partial charge in [0.2, 0.25) is 5.91 Å². The number of amides is 1. The fourth-order valence-electron chi connectivity index (χ4n) is 6.05. The number of halogens is 4. The summed E-state index contributed by atoms with van der Waals surface area (Å²) in [5.41, 5.74) is 1.80. The van der Waals surface area contributed by atoms with Gasteiger partial charge in [0.25, 0.3) is 0 Å². The van der Waals surface area contributed by atoms with Gasteiger partial charge in [0.15, 0.2) is 5.78 Å². The Bertz CT molecular complexity index is 1420. The van der Waals surface area contributed by atoms with Gasteiger partial charge in [-0.05, 0) is 99.1 Å². The number of rotatable bonds is 10. The number of piperidine rings is 1. The summed E-state index contributed by atoms with van der Waals surface area (Å²) in [6.45, 7) is 4.46. The molecule has 0 aromatic heterocycles. The summed E-state index contributed by atoms with van der Waals surface area (Å²) in [6, 6.07) is 21.3. The molecule has 1 amide bonds. The SMILES string of the molecule is CC(=O)c1ccccc1Nc1cccc(C(F)(F)F)c1.CSCCC(C)C(=O)NC1CC2CCC(C1)N2Cc1ccc(Cl)cc1. The second-order valence-electron chi connectivity index (χ2n) is 11.8. The van der Waals surface area contributed by atoms with Crippen LogP contribution >= 0.6 is 23.4 Å². The van der Waals surface area contributed by atoms with Crippen molar-refractivity contribution in [1.29, 1.82) is 0 Å². The molecule has 2 aliphatic rings. The minimum Gasteiger partial charge on any atom is -0.355 e. The van der Waals surface area contributed by atoms with E-state index >= 15 is 0 Å². The summed E-state index contributed by atoms with van der Waals surface area (Å²) >= 11 is 7.80. The van der Waals surface area contributed by atoms with Crippen LogP contribution < -0.4 is 10.6 Å². The molecule has 5 rings (SSSR count). The van der Waals surface area contributed by atoms with Crippen molar-refractivity contribution in [2.24, 2.45) is 5.92 Å². The van der Waals surface area contributed by atoms with Crippen molar-refractivity contribution in [3.05, 3.63) is 94.5 Å². The zero-order valence-electron chi connectivity index (χ0n) is 25.9. The molecule has 2 N–H and O–H groups in total. The zero-order chi connectivity index (χ0) is 32.6. The lowest BCUT2D eigenvalue weighted by Gasteiger charge is -2.39. The number of benzene rings is 3. The van der Waals surface area contributed by atoms with Gasteiger partial charge < -0.3 is 10.6 Å². The van der Waals surface area contributed by atoms with Crippen molar-refractivity contribution >= 4 is 46.4 Å². The topological polar surface area (TPSA) is 61.4 Å². The first-order valence-corrected chi connectivity index (χ1v) is 17.1. The largest absolute Gasteiger partial charge is 0.416 e. The van der Waals surface area contributed by atoms with Crippen LogP contribution in [-0.4, -0.2) is 46.7 Å². The highest BCUT2D eigenvalue weighted by Crippen LogP contribution is 2.37. The molecule has 0 saturated carbocycles. The number of carbonyl (C=O) groups excluding carboxylic acids is 2. The molecule has 2 fully saturated rings. The third kappa shape index (κ3) is 9.99. The van der Waals surface area contributed by atoms with Crippen LogP contribution in [0.4, 0.5) is 24.5 Å². The van der Waals surface area contributed by atoms with Crippen molar-refractivity contribution in [3.63, 3.8) is 0 Å². The molecule has 3 aromatic carbocycles. The van der Waals surface area contributed by atoms with Crippen molar-refractivity contribution in [2.45, 2.75) is 76.8 Å². The molecule has 3 atom stereocenters. The third-order valence-electron chi connectivity index (χ3n) is 8.49. The quantitative estimate of drug-likeness (QED) is 0.213. The fraction of sp³-hybridized carbons (Fsp3) is 0.429. The number of hydrogen-bond acceptors (Lipinski definition) is 5. The first-order chi connectivity index (χ1) is 21.4. The number of hydrogen-bond donors (Lipinski definition) is 2. The van der Waals surface area contributed by atoms with E-state index in [1.807, 2.05) is 23.9 Å². The minimum absolute atomic E-state index is 0.122. The number of carbonyl (C=O) groups is 2. The highest BCUT2D eigenvalue weighted by atomic mass is 35.5. The molecule has 0 radical (unpaired) electrons. The molecule has 2 saturated heterocycles. The van der Waals surface area contributed by atoms with Crippen molar-refractivity contribution in [2.75, 3.05) is 17.3 Å². The average molecular weight is 660 g/mol. The van der Waals surface area contributed by atoms with Crippen LogP contribution in [0, 0.1) is 5.92 Å². The minimum atomic E-state index is -4.39. The van der Waals surface area contributed by atoms with Crippen LogP contribution in [0.5, 0.6) is 0 Å². The van der Waals surface area contributed by atoms with E-state index in [9.17, 15) is 22.8 Å². The number of para-hydroxylation sites is 1. The lowest BCUT2D eigenvalue weighted by atomic mass is 9.95. The smallest absolute Gasteiger partial charge is 0.355 e. The second-order valence-corrected chi connectivity index (χ2v) is 13.3. The van der Waals surface area contributed by atoms with E-state index in [1.165, 1.54) is 37.5 Å². The Morgan fingerprint density at radius 3 is 2.29 bits per heavy atom. The highest BCUT2D eigenvalue weighted by Gasteiger charge is 2.41. The maximum absolute atomic E-state index is 12.6. The van der Waals surface area contributed by atoms with Gasteiger partial charge in [-0.3, -0.25) is 14.5 Å². The number of fused-ring (bicyclic) bond motifs is 2. The molecule has 3 aromatic rings. The molecular weight excluding hydrogens is 619 g/mol. The van der Waals surface area contributed by atoms with Gasteiger partial charge in [0, 0.05) is 52.5 Å². The van der Waals surface area contributed by atoms with Crippen LogP contribution in [-0.2, 0) is 17.5 Å². The van der Waals surface area contributed by atoms with Gasteiger partial charge in [0.05, 0.1) is 5.56 Å². The van der Waals surface area contributed by atoms with E-state index in [-0.39, 0.29) is 23.3 Å². The summed E-state index contributed by atoms with van der Waals surface area (Å²) in [4.78, 5) is 26.5. The summed E-state index contributed by atoms with van der Waals surface area (Å²) in [6.07, 6.45) is 3.36. The lowest BCUT2D eigenvalue weighted by Crippen LogP contribution is -2.50. The van der Waals surface area contributed by atoms with E-state index < -0.39 is 11.7 Å². The Balaban J connectivity index is 0.000000210. The molecule has 5 nitrogen and oxygen atoms in total. The lowest BCUT2D eigenvalue weighted by molar-refractivity contribution is -0.137. The molecule has 3 unspecified atom stereocenters. The summed E-state index contributed by atoms with van der Waals surface area (Å²) < 4.78 is 37.9. The zero-order valence-corrected chi connectivity index (χ0v) is 27.4. The van der Waals surface area contributed by atoms with Crippen LogP contribution in [0.25, 0.3) is 0 Å². The van der Waals surface area contributed by atoms with E-state index in [2.05, 4.69) is 40.8 Å². The Morgan fingerprint density at radius 1 is 1.00 bits per heavy atom. The predicted molar refractivity (Wildman–Crippen MR) is 178 cm³/mol. The van der Waals surface area contributed by atoms with Crippen molar-refractivity contribution < 1.29 is 22.8 Å². The first-order valence-electron chi connectivity index (χ1n) is 15.3. The van der Waals surface area contributed by atoms with Crippen LogP contribution in [0.2, 0.25) is 5.02 Å². The Labute approximate surface area is 273 Å². The molecule has 242 valence electrons. The molecule has 10 heteroatoms. The van der Waals surface area contributed by atoms with Crippen LogP contribution in [0.1, 0.15) is 67.4 Å². The van der Waals surface area contributed by atoms with Gasteiger partial charge in [-0.1, -0.05) is 48.9 Å². The average Bonchev–Trinajstić information content (AvgIpc) is 3.23. The number of alkyl halides is 3. The summed E-state index contributed by atoms with van der Waals surface area (Å²) in [7, 11) is 0. The number of anilines is 2. The maximum atomic E-state index is 12.6. The van der Waals surface area contributed by atoms with Crippen LogP contribution in [0.15, 0.2) is 72.8 Å². The normalized spacial score (nSPS) is 20.1. The van der Waals surface area contributed by atoms with Gasteiger partial charge in [0.1, 0.15) is 0 Å². The van der Waals surface area contributed by atoms with Crippen molar-refractivity contribution in [3.8, 4) is 0 Å². The molecular formula is C35H41ClF3N3O2S. The number of thioether (sulfide) groups is 1. The number of nitrogens with zero attached hydrogens (tertiary/aromatic N) is 1. The van der Waals surface area contributed by atoms with Gasteiger partial charge in [-0.15, -0.1) is 0 Å². The van der Waals surface area contributed by atoms with E-state index in [4.69, 9.17) is 11.6 Å². The monoisotopic (exact) mass is 659 g/mol. The Hall–Kier alpha value is -3.01. The molecule has 0 spiro atoms. The van der Waals surface area contributed by atoms with Crippen molar-refractivity contribution in [1.82, 2.24) is 10.2 Å². The van der Waals surface area contributed by atoms with E-state index in [0.29, 0.717) is 29.4 Å². The second kappa shape index (κ2) is 16.0. The van der Waals surface area contributed by atoms with Gasteiger partial charge in [-0.2, -0.15) is 24.9 Å². The number of Topliss-reactive ketones (excluding diaryl/α,β-unsaturated/α-hetero) is 1. The number of ketones is 1. The highest BCUT2D eigenvalue weighted by molar-refractivity contribution is 7.98. The molecule has 2 aliphatic heterocycles. The fourth-order valence-corrected chi connectivity index (χ4v) is 6.76. The van der Waals surface area contributed by atoms with E-state index in [0.717, 1.165) is 48.7 Å². The van der Waals surface area contributed by atoms with Gasteiger partial charge >= 0.3 is 6.18 Å². The molecule has 2 heterocycles. The Kier molecular flexibility index (Phi) is 12.4. The first kappa shape index (κ1) is 34.9. The van der Waals surface area contributed by atoms with E-state index in [1.54, 1.807) is 24.3 Å². The molecule has 45 heavy (non-hydrogen) atoms. The standard InChI is InChI=1S/C20H29ClN2OS.C15H12F3NO/c1-14(9-10-25-2)20(24)22-17-11-18-7-8-19(12-17)23(18)13-15-3-5-16(21)6-4-15;1-10(20)13-7-2-3-8-14(13)19-12-6-4-5-11(9-12)15(16,17)18/h3-6,14,17-19H,7-13H2,1-2H3,(H,22,24);2-9,19H,1H3. The molecule has 2 bridgehead atoms. The third-order valence-corrected chi connectivity index (χ3v) is 9.38.